The highest BCUT2D eigenvalue weighted by atomic mass is 19.1. The summed E-state index contributed by atoms with van der Waals surface area (Å²) >= 11 is 0. The average molecular weight is 418 g/mol. The van der Waals surface area contributed by atoms with Crippen molar-refractivity contribution in [2.24, 2.45) is 0 Å². The summed E-state index contributed by atoms with van der Waals surface area (Å²) in [4.78, 5) is 10.3. The molecule has 4 nitrogen and oxygen atoms in total. The van der Waals surface area contributed by atoms with Gasteiger partial charge in [-0.1, -0.05) is 13.0 Å². The lowest BCUT2D eigenvalue weighted by molar-refractivity contribution is 0.118. The van der Waals surface area contributed by atoms with Gasteiger partial charge in [0.15, 0.2) is 0 Å². The maximum absolute atomic E-state index is 13.7. The SMILES string of the molecule is CCCN(CCCc1c[nH]c2ccc(F)cc12)[C@@H]1COc2ccc3ncccc3c2C1. The Bertz CT molecular complexity index is 1200. The zero-order chi connectivity index (χ0) is 21.2. The standard InChI is InChI=1S/C26H28FN3O/c1-2-12-30(13-4-5-18-16-29-25-8-7-19(27)14-22(18)25)20-15-23-21-6-3-11-28-24(21)9-10-26(23)31-17-20/h3,6-11,14,16,20,29H,2,4-5,12-13,15,17H2,1H3/t20-/m0/s1. The molecule has 0 fully saturated rings. The van der Waals surface area contributed by atoms with E-state index in [1.807, 2.05) is 30.6 Å². The molecule has 0 aliphatic carbocycles. The van der Waals surface area contributed by atoms with Crippen LogP contribution in [-0.4, -0.2) is 40.6 Å². The Kier molecular flexibility index (Phi) is 5.60. The van der Waals surface area contributed by atoms with Crippen LogP contribution < -0.4 is 4.74 Å². The highest BCUT2D eigenvalue weighted by Crippen LogP contribution is 2.32. The van der Waals surface area contributed by atoms with E-state index in [9.17, 15) is 4.39 Å². The molecule has 0 saturated heterocycles. The predicted molar refractivity (Wildman–Crippen MR) is 123 cm³/mol. The minimum Gasteiger partial charge on any atom is -0.492 e. The van der Waals surface area contributed by atoms with Crippen molar-refractivity contribution in [1.82, 2.24) is 14.9 Å². The lowest BCUT2D eigenvalue weighted by Crippen LogP contribution is -2.44. The first-order valence-electron chi connectivity index (χ1n) is 11.2. The van der Waals surface area contributed by atoms with Gasteiger partial charge in [-0.2, -0.15) is 0 Å². The summed E-state index contributed by atoms with van der Waals surface area (Å²) < 4.78 is 19.9. The van der Waals surface area contributed by atoms with E-state index in [1.54, 1.807) is 6.07 Å². The third kappa shape index (κ3) is 4.02. The number of aryl methyl sites for hydroxylation is 1. The molecule has 1 N–H and O–H groups in total. The van der Waals surface area contributed by atoms with Gasteiger partial charge >= 0.3 is 0 Å². The molecule has 0 unspecified atom stereocenters. The number of hydrogen-bond donors (Lipinski definition) is 1. The summed E-state index contributed by atoms with van der Waals surface area (Å²) in [6.45, 7) is 5.00. The molecule has 0 radical (unpaired) electrons. The van der Waals surface area contributed by atoms with Crippen molar-refractivity contribution in [2.75, 3.05) is 19.7 Å². The molecule has 2 aromatic heterocycles. The molecule has 160 valence electrons. The van der Waals surface area contributed by atoms with Crippen molar-refractivity contribution in [2.45, 2.75) is 38.6 Å². The summed E-state index contributed by atoms with van der Waals surface area (Å²) in [5.74, 6) is 0.815. The highest BCUT2D eigenvalue weighted by Gasteiger charge is 2.26. The molecule has 1 atom stereocenters. The van der Waals surface area contributed by atoms with Crippen molar-refractivity contribution < 1.29 is 9.13 Å². The minimum atomic E-state index is -0.180. The molecular formula is C26H28FN3O. The molecule has 0 spiro atoms. The minimum absolute atomic E-state index is 0.180. The van der Waals surface area contributed by atoms with Gasteiger partial charge in [-0.15, -0.1) is 0 Å². The first-order valence-corrected chi connectivity index (χ1v) is 11.2. The molecule has 31 heavy (non-hydrogen) atoms. The molecule has 1 aliphatic rings. The second kappa shape index (κ2) is 8.67. The topological polar surface area (TPSA) is 41.2 Å². The number of halogens is 1. The van der Waals surface area contributed by atoms with Crippen molar-refractivity contribution in [3.05, 3.63) is 71.8 Å². The number of ether oxygens (including phenoxy) is 1. The van der Waals surface area contributed by atoms with Crippen molar-refractivity contribution in [3.8, 4) is 5.75 Å². The molecule has 0 bridgehead atoms. The average Bonchev–Trinajstić information content (AvgIpc) is 3.20. The molecule has 4 aromatic rings. The Labute approximate surface area is 182 Å². The largest absolute Gasteiger partial charge is 0.492 e. The van der Waals surface area contributed by atoms with Crippen LogP contribution in [0, 0.1) is 5.82 Å². The van der Waals surface area contributed by atoms with Gasteiger partial charge in [-0.3, -0.25) is 9.88 Å². The van der Waals surface area contributed by atoms with Crippen LogP contribution in [0.3, 0.4) is 0 Å². The van der Waals surface area contributed by atoms with Crippen molar-refractivity contribution in [3.63, 3.8) is 0 Å². The summed E-state index contributed by atoms with van der Waals surface area (Å²) in [6, 6.07) is 13.6. The van der Waals surface area contributed by atoms with Crippen LogP contribution in [0.2, 0.25) is 0 Å². The van der Waals surface area contributed by atoms with Crippen molar-refractivity contribution in [1.29, 1.82) is 0 Å². The Hall–Kier alpha value is -2.92. The summed E-state index contributed by atoms with van der Waals surface area (Å²) in [5, 5.41) is 2.19. The van der Waals surface area contributed by atoms with Gasteiger partial charge in [0, 0.05) is 40.3 Å². The van der Waals surface area contributed by atoms with Crippen LogP contribution in [-0.2, 0) is 12.8 Å². The number of aromatic nitrogens is 2. The van der Waals surface area contributed by atoms with E-state index in [1.165, 1.54) is 22.6 Å². The molecule has 1 aliphatic heterocycles. The summed E-state index contributed by atoms with van der Waals surface area (Å²) in [6.07, 6.45) is 7.92. The van der Waals surface area contributed by atoms with Gasteiger partial charge in [-0.05, 0) is 80.7 Å². The van der Waals surface area contributed by atoms with E-state index >= 15 is 0 Å². The van der Waals surface area contributed by atoms with Crippen LogP contribution in [0.4, 0.5) is 4.39 Å². The first-order chi connectivity index (χ1) is 15.2. The fourth-order valence-electron chi connectivity index (χ4n) is 4.85. The van der Waals surface area contributed by atoms with Crippen LogP contribution in [0.5, 0.6) is 5.75 Å². The second-order valence-corrected chi connectivity index (χ2v) is 8.42. The smallest absolute Gasteiger partial charge is 0.123 e. The fraction of sp³-hybridized carbons (Fsp3) is 0.346. The quantitative estimate of drug-likeness (QED) is 0.431. The number of aromatic amines is 1. The molecule has 3 heterocycles. The maximum Gasteiger partial charge on any atom is 0.123 e. The fourth-order valence-corrected chi connectivity index (χ4v) is 4.85. The van der Waals surface area contributed by atoms with Crippen molar-refractivity contribution >= 4 is 21.8 Å². The summed E-state index contributed by atoms with van der Waals surface area (Å²) in [7, 11) is 0. The Morgan fingerprint density at radius 2 is 2.10 bits per heavy atom. The lowest BCUT2D eigenvalue weighted by Gasteiger charge is -2.35. The number of benzene rings is 2. The number of pyridine rings is 1. The summed E-state index contributed by atoms with van der Waals surface area (Å²) in [5.41, 5.74) is 4.49. The van der Waals surface area contributed by atoms with Gasteiger partial charge < -0.3 is 9.72 Å². The molecule has 0 amide bonds. The third-order valence-electron chi connectivity index (χ3n) is 6.37. The van der Waals surface area contributed by atoms with Gasteiger partial charge in [0.2, 0.25) is 0 Å². The Balaban J connectivity index is 1.30. The highest BCUT2D eigenvalue weighted by molar-refractivity contribution is 5.85. The predicted octanol–water partition coefficient (Wildman–Crippen LogP) is 5.50. The van der Waals surface area contributed by atoms with Gasteiger partial charge in [0.05, 0.1) is 5.52 Å². The molecule has 2 aromatic carbocycles. The lowest BCUT2D eigenvalue weighted by atomic mass is 9.96. The number of nitrogens with one attached hydrogen (secondary N) is 1. The van der Waals surface area contributed by atoms with Gasteiger partial charge in [0.1, 0.15) is 18.2 Å². The number of nitrogens with zero attached hydrogens (tertiary/aromatic N) is 2. The second-order valence-electron chi connectivity index (χ2n) is 8.42. The van der Waals surface area contributed by atoms with E-state index in [2.05, 4.69) is 33.9 Å². The number of fused-ring (bicyclic) bond motifs is 4. The van der Waals surface area contributed by atoms with Crippen LogP contribution in [0.25, 0.3) is 21.8 Å². The molecule has 0 saturated carbocycles. The third-order valence-corrected chi connectivity index (χ3v) is 6.37. The van der Waals surface area contributed by atoms with Crippen LogP contribution >= 0.6 is 0 Å². The first kappa shape index (κ1) is 20.0. The number of rotatable bonds is 7. The maximum atomic E-state index is 13.7. The zero-order valence-electron chi connectivity index (χ0n) is 17.9. The normalized spacial score (nSPS) is 16.0. The Morgan fingerprint density at radius 3 is 3.00 bits per heavy atom. The molecule has 5 heteroatoms. The van der Waals surface area contributed by atoms with Gasteiger partial charge in [-0.25, -0.2) is 4.39 Å². The van der Waals surface area contributed by atoms with E-state index in [0.29, 0.717) is 6.04 Å². The van der Waals surface area contributed by atoms with E-state index in [-0.39, 0.29) is 5.82 Å². The van der Waals surface area contributed by atoms with Crippen LogP contribution in [0.15, 0.2) is 54.9 Å². The monoisotopic (exact) mass is 417 g/mol. The van der Waals surface area contributed by atoms with E-state index < -0.39 is 0 Å². The number of hydrogen-bond acceptors (Lipinski definition) is 3. The van der Waals surface area contributed by atoms with Crippen LogP contribution in [0.1, 0.15) is 30.9 Å². The Morgan fingerprint density at radius 1 is 1.16 bits per heavy atom. The number of H-pyrrole nitrogens is 1. The van der Waals surface area contributed by atoms with E-state index in [4.69, 9.17) is 4.74 Å². The molecule has 5 rings (SSSR count). The zero-order valence-corrected chi connectivity index (χ0v) is 17.9. The molecular weight excluding hydrogens is 389 g/mol. The van der Waals surface area contributed by atoms with E-state index in [0.717, 1.165) is 67.5 Å². The van der Waals surface area contributed by atoms with Gasteiger partial charge in [0.25, 0.3) is 0 Å².